The zero-order chi connectivity index (χ0) is 21.0. The minimum atomic E-state index is -1.21. The molecule has 2 aromatic carbocycles. The molecular formula is C22H20ClFN2O3. The Morgan fingerprint density at radius 1 is 1.24 bits per heavy atom. The van der Waals surface area contributed by atoms with Gasteiger partial charge in [-0.05, 0) is 42.8 Å². The summed E-state index contributed by atoms with van der Waals surface area (Å²) in [5.41, 5.74) is 2.32. The van der Waals surface area contributed by atoms with E-state index in [1.54, 1.807) is 13.2 Å². The molecule has 7 heteroatoms. The first-order valence-electron chi connectivity index (χ1n) is 8.87. The summed E-state index contributed by atoms with van der Waals surface area (Å²) in [4.78, 5) is 0. The average Bonchev–Trinajstić information content (AvgIpc) is 3.13. The summed E-state index contributed by atoms with van der Waals surface area (Å²) < 4.78 is 26.5. The molecule has 2 atom stereocenters. The van der Waals surface area contributed by atoms with Gasteiger partial charge in [-0.15, -0.1) is 6.42 Å². The maximum Gasteiger partial charge on any atom is 0.156 e. The standard InChI is InChI=1S/C22H20ClFN2O3/c1-4-21(27)20-12-22(23)25-26(20)19-10-7-16(24)11-18(19)14(2)29-13-15-5-8-17(28-3)9-6-15/h1,5-12,14,21,27H,13H2,2-3H3/t14-,21?/m1/s1. The Labute approximate surface area is 173 Å². The minimum Gasteiger partial charge on any atom is -0.497 e. The van der Waals surface area contributed by atoms with E-state index in [0.717, 1.165) is 11.3 Å². The van der Waals surface area contributed by atoms with Gasteiger partial charge in [-0.1, -0.05) is 29.7 Å². The summed E-state index contributed by atoms with van der Waals surface area (Å²) in [6.07, 6.45) is 3.66. The molecule has 0 amide bonds. The van der Waals surface area contributed by atoms with Gasteiger partial charge in [0.25, 0.3) is 0 Å². The Bertz CT molecular complexity index is 1030. The predicted octanol–water partition coefficient (Wildman–Crippen LogP) is 4.62. The fourth-order valence-corrected chi connectivity index (χ4v) is 3.10. The van der Waals surface area contributed by atoms with Gasteiger partial charge in [-0.2, -0.15) is 5.10 Å². The van der Waals surface area contributed by atoms with Gasteiger partial charge in [-0.25, -0.2) is 9.07 Å². The number of halogens is 2. The smallest absolute Gasteiger partial charge is 0.156 e. The number of methoxy groups -OCH3 is 1. The molecule has 150 valence electrons. The van der Waals surface area contributed by atoms with Crippen LogP contribution in [0, 0.1) is 18.2 Å². The number of hydrogen-bond donors (Lipinski definition) is 1. The molecule has 1 aromatic heterocycles. The van der Waals surface area contributed by atoms with Crippen molar-refractivity contribution in [2.24, 2.45) is 0 Å². The lowest BCUT2D eigenvalue weighted by molar-refractivity contribution is 0.0522. The molecule has 0 saturated carbocycles. The highest BCUT2D eigenvalue weighted by molar-refractivity contribution is 6.29. The van der Waals surface area contributed by atoms with E-state index < -0.39 is 18.0 Å². The van der Waals surface area contributed by atoms with Crippen LogP contribution < -0.4 is 4.74 Å². The summed E-state index contributed by atoms with van der Waals surface area (Å²) in [7, 11) is 1.60. The number of terminal acetylenes is 1. The van der Waals surface area contributed by atoms with Gasteiger partial charge in [0.05, 0.1) is 31.2 Å². The fraction of sp³-hybridized carbons (Fsp3) is 0.227. The lowest BCUT2D eigenvalue weighted by Gasteiger charge is -2.19. The molecule has 3 rings (SSSR count). The molecule has 0 fully saturated rings. The van der Waals surface area contributed by atoms with Crippen LogP contribution in [0.4, 0.5) is 4.39 Å². The van der Waals surface area contributed by atoms with Crippen molar-refractivity contribution >= 4 is 11.6 Å². The van der Waals surface area contributed by atoms with E-state index in [4.69, 9.17) is 27.5 Å². The van der Waals surface area contributed by atoms with E-state index in [1.807, 2.05) is 31.2 Å². The Morgan fingerprint density at radius 2 is 1.97 bits per heavy atom. The fourth-order valence-electron chi connectivity index (χ4n) is 2.92. The van der Waals surface area contributed by atoms with Crippen molar-refractivity contribution in [2.45, 2.75) is 25.7 Å². The van der Waals surface area contributed by atoms with Crippen LogP contribution in [0.3, 0.4) is 0 Å². The van der Waals surface area contributed by atoms with Gasteiger partial charge in [-0.3, -0.25) is 0 Å². The maximum atomic E-state index is 14.0. The topological polar surface area (TPSA) is 56.5 Å². The molecule has 29 heavy (non-hydrogen) atoms. The second-order valence-electron chi connectivity index (χ2n) is 6.38. The number of benzene rings is 2. The third-order valence-electron chi connectivity index (χ3n) is 4.46. The number of hydrogen-bond acceptors (Lipinski definition) is 4. The van der Waals surface area contributed by atoms with Gasteiger partial charge >= 0.3 is 0 Å². The SMILES string of the molecule is C#CC(O)c1cc(Cl)nn1-c1ccc(F)cc1[C@@H](C)OCc1ccc(OC)cc1. The third-order valence-corrected chi connectivity index (χ3v) is 4.64. The Kier molecular flexibility index (Phi) is 6.55. The van der Waals surface area contributed by atoms with Gasteiger partial charge < -0.3 is 14.6 Å². The van der Waals surface area contributed by atoms with Gasteiger partial charge in [0, 0.05) is 11.6 Å². The van der Waals surface area contributed by atoms with Crippen molar-refractivity contribution in [1.82, 2.24) is 9.78 Å². The van der Waals surface area contributed by atoms with Crippen LogP contribution >= 0.6 is 11.6 Å². The van der Waals surface area contributed by atoms with Crippen LogP contribution in [0.15, 0.2) is 48.5 Å². The lowest BCUT2D eigenvalue weighted by atomic mass is 10.1. The largest absolute Gasteiger partial charge is 0.497 e. The highest BCUT2D eigenvalue weighted by Gasteiger charge is 2.20. The summed E-state index contributed by atoms with van der Waals surface area (Å²) >= 11 is 6.02. The normalized spacial score (nSPS) is 13.0. The number of aliphatic hydroxyl groups excluding tert-OH is 1. The highest BCUT2D eigenvalue weighted by atomic mass is 35.5. The molecule has 0 aliphatic carbocycles. The van der Waals surface area contributed by atoms with Crippen molar-refractivity contribution in [3.63, 3.8) is 0 Å². The van der Waals surface area contributed by atoms with Gasteiger partial charge in [0.2, 0.25) is 0 Å². The first-order valence-corrected chi connectivity index (χ1v) is 9.24. The molecule has 5 nitrogen and oxygen atoms in total. The van der Waals surface area contributed by atoms with Crippen LogP contribution in [0.1, 0.15) is 36.0 Å². The predicted molar refractivity (Wildman–Crippen MR) is 109 cm³/mol. The van der Waals surface area contributed by atoms with Crippen LogP contribution in [-0.4, -0.2) is 22.0 Å². The quantitative estimate of drug-likeness (QED) is 0.573. The number of ether oxygens (including phenoxy) is 2. The Morgan fingerprint density at radius 3 is 2.62 bits per heavy atom. The molecular weight excluding hydrogens is 395 g/mol. The molecule has 0 aliphatic rings. The van der Waals surface area contributed by atoms with Crippen molar-refractivity contribution in [2.75, 3.05) is 7.11 Å². The van der Waals surface area contributed by atoms with Crippen LogP contribution in [0.2, 0.25) is 5.15 Å². The number of nitrogens with zero attached hydrogens (tertiary/aromatic N) is 2. The van der Waals surface area contributed by atoms with Gasteiger partial charge in [0.1, 0.15) is 11.6 Å². The lowest BCUT2D eigenvalue weighted by Crippen LogP contribution is -2.11. The molecule has 0 saturated heterocycles. The summed E-state index contributed by atoms with van der Waals surface area (Å²) in [6, 6.07) is 13.2. The van der Waals surface area contributed by atoms with Crippen molar-refractivity contribution in [3.05, 3.63) is 76.3 Å². The average molecular weight is 415 g/mol. The van der Waals surface area contributed by atoms with E-state index in [-0.39, 0.29) is 5.15 Å². The van der Waals surface area contributed by atoms with E-state index in [2.05, 4.69) is 11.0 Å². The number of aliphatic hydroxyl groups is 1. The number of aromatic nitrogens is 2. The molecule has 1 N–H and O–H groups in total. The molecule has 3 aromatic rings. The van der Waals surface area contributed by atoms with Crippen molar-refractivity contribution in [3.8, 4) is 23.8 Å². The molecule has 0 spiro atoms. The van der Waals surface area contributed by atoms with Crippen molar-refractivity contribution < 1.29 is 19.0 Å². The Hall–Kier alpha value is -2.85. The Balaban J connectivity index is 1.90. The number of rotatable bonds is 7. The highest BCUT2D eigenvalue weighted by Crippen LogP contribution is 2.30. The molecule has 1 unspecified atom stereocenters. The van der Waals surface area contributed by atoms with Crippen LogP contribution in [0.5, 0.6) is 5.75 Å². The second-order valence-corrected chi connectivity index (χ2v) is 6.76. The van der Waals surface area contributed by atoms with Crippen molar-refractivity contribution in [1.29, 1.82) is 0 Å². The van der Waals surface area contributed by atoms with Crippen LogP contribution in [0.25, 0.3) is 5.69 Å². The van der Waals surface area contributed by atoms with Gasteiger partial charge in [0.15, 0.2) is 11.3 Å². The second kappa shape index (κ2) is 9.10. The third kappa shape index (κ3) is 4.77. The zero-order valence-electron chi connectivity index (χ0n) is 16.0. The summed E-state index contributed by atoms with van der Waals surface area (Å²) in [6.45, 7) is 2.13. The van der Waals surface area contributed by atoms with E-state index >= 15 is 0 Å². The van der Waals surface area contributed by atoms with E-state index in [0.29, 0.717) is 23.6 Å². The first-order chi connectivity index (χ1) is 13.9. The van der Waals surface area contributed by atoms with E-state index in [9.17, 15) is 9.50 Å². The zero-order valence-corrected chi connectivity index (χ0v) is 16.7. The van der Waals surface area contributed by atoms with E-state index in [1.165, 1.54) is 22.9 Å². The maximum absolute atomic E-state index is 14.0. The molecule has 0 bridgehead atoms. The summed E-state index contributed by atoms with van der Waals surface area (Å²) in [5.74, 6) is 2.58. The monoisotopic (exact) mass is 414 g/mol. The molecule has 1 heterocycles. The first kappa shape index (κ1) is 20.9. The molecule has 0 radical (unpaired) electrons. The minimum absolute atomic E-state index is 0.163. The van der Waals surface area contributed by atoms with Crippen LogP contribution in [-0.2, 0) is 11.3 Å². The molecule has 0 aliphatic heterocycles. The summed E-state index contributed by atoms with van der Waals surface area (Å²) in [5, 5.41) is 14.5.